The minimum Gasteiger partial charge on any atom is -0.394 e. The molecule has 1 N–H and O–H groups in total. The van der Waals surface area contributed by atoms with E-state index in [1.54, 1.807) is 0 Å². The molecule has 18 heavy (non-hydrogen) atoms. The molecular formula is C13H17NO4. The van der Waals surface area contributed by atoms with Gasteiger partial charge in [0.05, 0.1) is 12.6 Å². The first kappa shape index (κ1) is 12.9. The Labute approximate surface area is 106 Å². The van der Waals surface area contributed by atoms with Crippen molar-refractivity contribution < 1.29 is 19.7 Å². The first-order valence-electron chi connectivity index (χ1n) is 6.06. The molecule has 1 unspecified atom stereocenters. The summed E-state index contributed by atoms with van der Waals surface area (Å²) in [4.78, 5) is 22.8. The molecule has 5 heteroatoms. The van der Waals surface area contributed by atoms with E-state index < -0.39 is 6.09 Å². The number of aliphatic hydroxyl groups is 1. The van der Waals surface area contributed by atoms with Crippen LogP contribution in [0.25, 0.3) is 0 Å². The second-order valence-electron chi connectivity index (χ2n) is 4.27. The van der Waals surface area contributed by atoms with Crippen molar-refractivity contribution in [2.45, 2.75) is 25.5 Å². The summed E-state index contributed by atoms with van der Waals surface area (Å²) in [6.45, 7) is 0.802. The van der Waals surface area contributed by atoms with Crippen molar-refractivity contribution in [2.24, 2.45) is 0 Å². The largest absolute Gasteiger partial charge is 0.441 e. The van der Waals surface area contributed by atoms with Gasteiger partial charge in [-0.05, 0) is 18.4 Å². The second kappa shape index (κ2) is 6.37. The van der Waals surface area contributed by atoms with E-state index in [1.807, 2.05) is 30.3 Å². The molecule has 0 radical (unpaired) electrons. The minimum absolute atomic E-state index is 0.0339. The molecule has 0 saturated carbocycles. The van der Waals surface area contributed by atoms with Crippen LogP contribution in [0.5, 0.6) is 0 Å². The molecular weight excluding hydrogens is 234 g/mol. The summed E-state index contributed by atoms with van der Waals surface area (Å²) < 4.78 is 0. The average Bonchev–Trinajstić information content (AvgIpc) is 2.88. The zero-order valence-electron chi connectivity index (χ0n) is 10.1. The van der Waals surface area contributed by atoms with Crippen molar-refractivity contribution >= 4 is 6.09 Å². The Morgan fingerprint density at radius 2 is 2.17 bits per heavy atom. The Morgan fingerprint density at radius 1 is 1.39 bits per heavy atom. The van der Waals surface area contributed by atoms with E-state index in [0.29, 0.717) is 6.54 Å². The summed E-state index contributed by atoms with van der Waals surface area (Å²) in [5, 5.41) is 9.10. The summed E-state index contributed by atoms with van der Waals surface area (Å²) in [6.07, 6.45) is 1.17. The van der Waals surface area contributed by atoms with Gasteiger partial charge < -0.3 is 10.0 Å². The number of aliphatic hydroxyl groups excluding tert-OH is 1. The first-order chi connectivity index (χ1) is 8.81. The summed E-state index contributed by atoms with van der Waals surface area (Å²) in [7, 11) is 0. The smallest absolute Gasteiger partial charge is 0.394 e. The highest BCUT2D eigenvalue weighted by atomic mass is 17.2. The molecule has 1 aliphatic heterocycles. The van der Waals surface area contributed by atoms with Crippen LogP contribution in [0.2, 0.25) is 0 Å². The van der Waals surface area contributed by atoms with Gasteiger partial charge in [0.1, 0.15) is 6.61 Å². The number of carbonyl (C=O) groups is 1. The summed E-state index contributed by atoms with van der Waals surface area (Å²) in [5.74, 6) is 0. The normalized spacial score (nSPS) is 18.9. The highest BCUT2D eigenvalue weighted by molar-refractivity contribution is 5.67. The van der Waals surface area contributed by atoms with Gasteiger partial charge in [-0.2, -0.15) is 4.89 Å². The number of hydrogen-bond acceptors (Lipinski definition) is 4. The first-order valence-corrected chi connectivity index (χ1v) is 6.06. The van der Waals surface area contributed by atoms with Crippen LogP contribution in [0, 0.1) is 0 Å². The van der Waals surface area contributed by atoms with Crippen molar-refractivity contribution in [1.82, 2.24) is 4.90 Å². The van der Waals surface area contributed by atoms with Gasteiger partial charge in [-0.25, -0.2) is 4.79 Å². The number of nitrogens with zero attached hydrogens (tertiary/aromatic N) is 1. The standard InChI is InChI=1S/C13H17NO4/c15-9-12-7-4-8-14(12)13(16)18-17-10-11-5-2-1-3-6-11/h1-3,5-6,12,15H,4,7-10H2. The maximum Gasteiger partial charge on any atom is 0.441 e. The van der Waals surface area contributed by atoms with Gasteiger partial charge in [-0.3, -0.25) is 4.89 Å². The van der Waals surface area contributed by atoms with Gasteiger partial charge in [0.15, 0.2) is 0 Å². The summed E-state index contributed by atoms with van der Waals surface area (Å²) in [5.41, 5.74) is 0.936. The second-order valence-corrected chi connectivity index (χ2v) is 4.27. The minimum atomic E-state index is -0.525. The van der Waals surface area contributed by atoms with Gasteiger partial charge in [0.2, 0.25) is 0 Å². The van der Waals surface area contributed by atoms with E-state index in [9.17, 15) is 4.79 Å². The van der Waals surface area contributed by atoms with Crippen LogP contribution in [-0.2, 0) is 16.4 Å². The van der Waals surface area contributed by atoms with Crippen LogP contribution in [0.15, 0.2) is 30.3 Å². The van der Waals surface area contributed by atoms with Gasteiger partial charge in [-0.1, -0.05) is 30.3 Å². The van der Waals surface area contributed by atoms with Crippen LogP contribution in [0.4, 0.5) is 4.79 Å². The van der Waals surface area contributed by atoms with Crippen molar-refractivity contribution in [2.75, 3.05) is 13.2 Å². The number of likely N-dealkylation sites (tertiary alicyclic amines) is 1. The number of carbonyl (C=O) groups excluding carboxylic acids is 1. The fourth-order valence-electron chi connectivity index (χ4n) is 2.04. The fraction of sp³-hybridized carbons (Fsp3) is 0.462. The van der Waals surface area contributed by atoms with Gasteiger partial charge in [0, 0.05) is 6.54 Å². The fourth-order valence-corrected chi connectivity index (χ4v) is 2.04. The third kappa shape index (κ3) is 3.21. The molecule has 1 aromatic rings. The van der Waals surface area contributed by atoms with Crippen LogP contribution >= 0.6 is 0 Å². The zero-order chi connectivity index (χ0) is 12.8. The zero-order valence-corrected chi connectivity index (χ0v) is 10.1. The molecule has 2 rings (SSSR count). The molecule has 0 spiro atoms. The van der Waals surface area contributed by atoms with Crippen molar-refractivity contribution in [3.8, 4) is 0 Å². The number of rotatable bonds is 4. The van der Waals surface area contributed by atoms with Crippen LogP contribution in [-0.4, -0.2) is 35.3 Å². The predicted molar refractivity (Wildman–Crippen MR) is 64.5 cm³/mol. The lowest BCUT2D eigenvalue weighted by atomic mass is 10.2. The molecule has 0 aromatic heterocycles. The molecule has 0 aliphatic carbocycles. The molecule has 5 nitrogen and oxygen atoms in total. The van der Waals surface area contributed by atoms with E-state index in [1.165, 1.54) is 4.90 Å². The van der Waals surface area contributed by atoms with Crippen molar-refractivity contribution in [1.29, 1.82) is 0 Å². The van der Waals surface area contributed by atoms with E-state index in [-0.39, 0.29) is 19.3 Å². The van der Waals surface area contributed by atoms with Gasteiger partial charge in [0.25, 0.3) is 0 Å². The predicted octanol–water partition coefficient (Wildman–Crippen LogP) is 1.71. The Hall–Kier alpha value is -1.59. The maximum absolute atomic E-state index is 11.7. The Kier molecular flexibility index (Phi) is 4.55. The summed E-state index contributed by atoms with van der Waals surface area (Å²) in [6, 6.07) is 9.33. The molecule has 1 heterocycles. The molecule has 1 aromatic carbocycles. The van der Waals surface area contributed by atoms with E-state index in [0.717, 1.165) is 18.4 Å². The Bertz CT molecular complexity index is 382. The molecule has 1 amide bonds. The quantitative estimate of drug-likeness (QED) is 0.653. The number of benzene rings is 1. The molecule has 0 bridgehead atoms. The summed E-state index contributed by atoms with van der Waals surface area (Å²) >= 11 is 0. The van der Waals surface area contributed by atoms with Gasteiger partial charge in [-0.15, -0.1) is 0 Å². The number of amides is 1. The molecule has 98 valence electrons. The average molecular weight is 251 g/mol. The highest BCUT2D eigenvalue weighted by Gasteiger charge is 2.29. The lowest BCUT2D eigenvalue weighted by Crippen LogP contribution is -2.37. The topological polar surface area (TPSA) is 59.0 Å². The van der Waals surface area contributed by atoms with Crippen molar-refractivity contribution in [3.63, 3.8) is 0 Å². The lowest BCUT2D eigenvalue weighted by Gasteiger charge is -2.20. The third-order valence-electron chi connectivity index (χ3n) is 3.02. The molecule has 1 saturated heterocycles. The lowest BCUT2D eigenvalue weighted by molar-refractivity contribution is -0.256. The van der Waals surface area contributed by atoms with Crippen LogP contribution in [0.1, 0.15) is 18.4 Å². The maximum atomic E-state index is 11.7. The van der Waals surface area contributed by atoms with Crippen LogP contribution < -0.4 is 0 Å². The van der Waals surface area contributed by atoms with E-state index >= 15 is 0 Å². The molecule has 1 aliphatic rings. The molecule has 1 fully saturated rings. The Balaban J connectivity index is 1.75. The van der Waals surface area contributed by atoms with E-state index in [2.05, 4.69) is 0 Å². The monoisotopic (exact) mass is 251 g/mol. The third-order valence-corrected chi connectivity index (χ3v) is 3.02. The Morgan fingerprint density at radius 3 is 2.89 bits per heavy atom. The van der Waals surface area contributed by atoms with E-state index in [4.69, 9.17) is 14.9 Å². The molecule has 1 atom stereocenters. The number of hydrogen-bond donors (Lipinski definition) is 1. The SMILES string of the molecule is O=C(OOCc1ccccc1)N1CCCC1CO. The van der Waals surface area contributed by atoms with Crippen LogP contribution in [0.3, 0.4) is 0 Å². The van der Waals surface area contributed by atoms with Gasteiger partial charge >= 0.3 is 6.09 Å². The highest BCUT2D eigenvalue weighted by Crippen LogP contribution is 2.17. The van der Waals surface area contributed by atoms with Crippen molar-refractivity contribution in [3.05, 3.63) is 35.9 Å².